The van der Waals surface area contributed by atoms with Gasteiger partial charge in [0.2, 0.25) is 0 Å². The van der Waals surface area contributed by atoms with Crippen LogP contribution in [0.3, 0.4) is 0 Å². The van der Waals surface area contributed by atoms with E-state index in [1.54, 1.807) is 0 Å². The van der Waals surface area contributed by atoms with Gasteiger partial charge in [0, 0.05) is 0 Å². The van der Waals surface area contributed by atoms with Gasteiger partial charge in [-0.25, -0.2) is 0 Å². The number of carbonyl (C=O) groups is 1. The molecule has 2 nitrogen and oxygen atoms in total. The maximum atomic E-state index is 11.2. The zero-order valence-corrected chi connectivity index (χ0v) is 8.46. The third-order valence-electron chi connectivity index (χ3n) is 2.70. The van der Waals surface area contributed by atoms with Crippen molar-refractivity contribution in [3.05, 3.63) is 0 Å². The zero-order valence-electron chi connectivity index (χ0n) is 6.75. The predicted molar refractivity (Wildman–Crippen MR) is 44.9 cm³/mol. The minimum absolute atomic E-state index is 0.494. The molecule has 2 aliphatic heterocycles. The number of carbonyl (C=O) groups excluding carboxylic acids is 1. The van der Waals surface area contributed by atoms with Crippen molar-refractivity contribution in [2.24, 2.45) is 0 Å². The number of piperidine rings is 1. The van der Waals surface area contributed by atoms with Crippen LogP contribution < -0.4 is 0 Å². The van der Waals surface area contributed by atoms with E-state index in [0.29, 0.717) is 17.9 Å². The van der Waals surface area contributed by atoms with E-state index in [1.165, 1.54) is 10.6 Å². The molecule has 0 aromatic heterocycles. The summed E-state index contributed by atoms with van der Waals surface area (Å²) >= 11 is 0.822. The molecule has 0 amide bonds. The van der Waals surface area contributed by atoms with Gasteiger partial charge < -0.3 is 0 Å². The molecule has 0 spiro atoms. The zero-order chi connectivity index (χ0) is 7.84. The molecule has 3 heteroatoms. The van der Waals surface area contributed by atoms with Gasteiger partial charge in [-0.05, 0) is 0 Å². The van der Waals surface area contributed by atoms with Crippen molar-refractivity contribution in [2.75, 3.05) is 7.05 Å². The molecule has 0 radical (unpaired) electrons. The summed E-state index contributed by atoms with van der Waals surface area (Å²) in [7, 11) is 2.18. The van der Waals surface area contributed by atoms with Gasteiger partial charge in [-0.3, -0.25) is 0 Å². The molecule has 0 aliphatic carbocycles. The molecule has 0 aromatic rings. The van der Waals surface area contributed by atoms with Crippen molar-refractivity contribution < 1.29 is 4.79 Å². The van der Waals surface area contributed by atoms with Crippen LogP contribution in [0.1, 0.15) is 12.8 Å². The molecular weight excluding hydrogens is 205 g/mol. The van der Waals surface area contributed by atoms with E-state index in [0.717, 1.165) is 27.8 Å². The van der Waals surface area contributed by atoms with Crippen molar-refractivity contribution >= 4 is 20.7 Å². The standard InChI is InChI=1S/C8H13NOSe/c1-9-6-2-8(10)3-7(9)5-11-4-6/h6-7H,2-5H2,1H3. The Balaban J connectivity index is 2.12. The first-order chi connectivity index (χ1) is 5.27. The number of fused-ring (bicyclic) bond motifs is 2. The summed E-state index contributed by atoms with van der Waals surface area (Å²) in [6.45, 7) is 0. The molecule has 2 heterocycles. The van der Waals surface area contributed by atoms with Gasteiger partial charge in [-0.1, -0.05) is 0 Å². The molecule has 2 rings (SSSR count). The fourth-order valence-electron chi connectivity index (χ4n) is 1.89. The Morgan fingerprint density at radius 2 is 1.91 bits per heavy atom. The van der Waals surface area contributed by atoms with Crippen LogP contribution in [0.5, 0.6) is 0 Å². The molecule has 2 fully saturated rings. The van der Waals surface area contributed by atoms with Crippen molar-refractivity contribution in [2.45, 2.75) is 35.6 Å². The SMILES string of the molecule is CN1C2C[Se]CC1CC(=O)C2. The van der Waals surface area contributed by atoms with Crippen LogP contribution in [0.15, 0.2) is 0 Å². The molecule has 0 saturated carbocycles. The van der Waals surface area contributed by atoms with Crippen molar-refractivity contribution in [3.8, 4) is 0 Å². The van der Waals surface area contributed by atoms with Crippen molar-refractivity contribution in [1.29, 1.82) is 0 Å². The topological polar surface area (TPSA) is 20.3 Å². The number of hydrogen-bond acceptors (Lipinski definition) is 2. The molecule has 2 bridgehead atoms. The first-order valence-electron chi connectivity index (χ1n) is 4.09. The molecule has 2 unspecified atom stereocenters. The van der Waals surface area contributed by atoms with E-state index in [4.69, 9.17) is 0 Å². The second kappa shape index (κ2) is 2.89. The molecule has 62 valence electrons. The summed E-state index contributed by atoms with van der Waals surface area (Å²) in [6, 6.07) is 1.21. The average molecular weight is 218 g/mol. The Bertz CT molecular complexity index is 167. The molecule has 11 heavy (non-hydrogen) atoms. The van der Waals surface area contributed by atoms with Gasteiger partial charge in [-0.15, -0.1) is 0 Å². The second-order valence-corrected chi connectivity index (χ2v) is 5.71. The van der Waals surface area contributed by atoms with Crippen LogP contribution in [0, 0.1) is 0 Å². The van der Waals surface area contributed by atoms with E-state index >= 15 is 0 Å². The second-order valence-electron chi connectivity index (χ2n) is 3.46. The Morgan fingerprint density at radius 3 is 2.45 bits per heavy atom. The van der Waals surface area contributed by atoms with Crippen LogP contribution in [0.4, 0.5) is 0 Å². The van der Waals surface area contributed by atoms with Crippen LogP contribution in [0.2, 0.25) is 10.6 Å². The Labute approximate surface area is 73.5 Å². The number of hydrogen-bond donors (Lipinski definition) is 0. The Morgan fingerprint density at radius 1 is 1.36 bits per heavy atom. The molecular formula is C8H13NOSe. The van der Waals surface area contributed by atoms with E-state index in [9.17, 15) is 4.79 Å². The van der Waals surface area contributed by atoms with Crippen molar-refractivity contribution in [3.63, 3.8) is 0 Å². The normalized spacial score (nSPS) is 39.2. The van der Waals surface area contributed by atoms with Gasteiger partial charge in [0.15, 0.2) is 0 Å². The van der Waals surface area contributed by atoms with E-state index in [1.807, 2.05) is 0 Å². The first kappa shape index (κ1) is 7.78. The van der Waals surface area contributed by atoms with Gasteiger partial charge in [0.1, 0.15) is 0 Å². The molecule has 0 aromatic carbocycles. The first-order valence-corrected chi connectivity index (χ1v) is 6.51. The van der Waals surface area contributed by atoms with Gasteiger partial charge in [0.25, 0.3) is 0 Å². The van der Waals surface area contributed by atoms with E-state index < -0.39 is 0 Å². The third-order valence-corrected chi connectivity index (χ3v) is 5.30. The van der Waals surface area contributed by atoms with Crippen LogP contribution in [-0.2, 0) is 4.79 Å². The quantitative estimate of drug-likeness (QED) is 0.554. The van der Waals surface area contributed by atoms with E-state index in [-0.39, 0.29) is 0 Å². The number of ketones is 1. The third kappa shape index (κ3) is 1.37. The monoisotopic (exact) mass is 219 g/mol. The average Bonchev–Trinajstić information content (AvgIpc) is 1.92. The molecule has 2 saturated heterocycles. The van der Waals surface area contributed by atoms with Gasteiger partial charge in [0.05, 0.1) is 0 Å². The van der Waals surface area contributed by atoms with E-state index in [2.05, 4.69) is 11.9 Å². The van der Waals surface area contributed by atoms with Gasteiger partial charge in [-0.2, -0.15) is 0 Å². The molecule has 2 aliphatic rings. The van der Waals surface area contributed by atoms with Crippen LogP contribution in [0.25, 0.3) is 0 Å². The number of Topliss-reactive ketones (excluding diaryl/α,β-unsaturated/α-hetero) is 1. The molecule has 0 N–H and O–H groups in total. The summed E-state index contributed by atoms with van der Waals surface area (Å²) in [5.74, 6) is 0.494. The fourth-order valence-corrected chi connectivity index (χ4v) is 4.80. The fraction of sp³-hybridized carbons (Fsp3) is 0.875. The summed E-state index contributed by atoms with van der Waals surface area (Å²) in [6.07, 6.45) is 1.66. The summed E-state index contributed by atoms with van der Waals surface area (Å²) in [5.41, 5.74) is 0. The van der Waals surface area contributed by atoms with Crippen LogP contribution >= 0.6 is 0 Å². The number of nitrogens with zero attached hydrogens (tertiary/aromatic N) is 1. The predicted octanol–water partition coefficient (Wildman–Crippen LogP) is 0.573. The molecule has 2 atom stereocenters. The van der Waals surface area contributed by atoms with Crippen LogP contribution in [-0.4, -0.2) is 44.8 Å². The van der Waals surface area contributed by atoms with Crippen molar-refractivity contribution in [1.82, 2.24) is 4.90 Å². The Kier molecular flexibility index (Phi) is 2.04. The summed E-state index contributed by atoms with van der Waals surface area (Å²) in [5, 5.41) is 2.59. The number of rotatable bonds is 0. The maximum absolute atomic E-state index is 11.2. The summed E-state index contributed by atoms with van der Waals surface area (Å²) < 4.78 is 0. The minimum atomic E-state index is 0.494. The Hall–Kier alpha value is 0.149. The summed E-state index contributed by atoms with van der Waals surface area (Å²) in [4.78, 5) is 13.6. The van der Waals surface area contributed by atoms with Gasteiger partial charge >= 0.3 is 73.0 Å².